The summed E-state index contributed by atoms with van der Waals surface area (Å²) < 4.78 is 15.3. The van der Waals surface area contributed by atoms with E-state index in [0.29, 0.717) is 11.5 Å². The van der Waals surface area contributed by atoms with Crippen LogP contribution in [0.3, 0.4) is 0 Å². The van der Waals surface area contributed by atoms with Gasteiger partial charge in [0.15, 0.2) is 5.82 Å². The molecule has 2 heterocycles. The Labute approximate surface area is 163 Å². The second-order valence-corrected chi connectivity index (χ2v) is 6.79. The lowest BCUT2D eigenvalue weighted by Crippen LogP contribution is -1.95. The number of aromatic nitrogens is 1. The molecule has 0 aliphatic carbocycles. The zero-order valence-corrected chi connectivity index (χ0v) is 15.2. The number of hydrogen-bond donors (Lipinski definition) is 0. The number of halogens is 1. The van der Waals surface area contributed by atoms with Crippen molar-refractivity contribution in [2.24, 2.45) is 10.2 Å². The van der Waals surface area contributed by atoms with E-state index in [2.05, 4.69) is 10.2 Å². The van der Waals surface area contributed by atoms with Gasteiger partial charge in [-0.05, 0) is 60.0 Å². The summed E-state index contributed by atoms with van der Waals surface area (Å²) in [6, 6.07) is 19.7. The Balaban J connectivity index is 1.74. The van der Waals surface area contributed by atoms with E-state index in [4.69, 9.17) is 0 Å². The third-order valence-electron chi connectivity index (χ3n) is 4.05. The number of thiophene rings is 1. The Morgan fingerprint density at radius 3 is 2.32 bits per heavy atom. The Hall–Kier alpha value is -3.65. The molecule has 138 valence electrons. The molecule has 0 spiro atoms. The lowest BCUT2D eigenvalue weighted by molar-refractivity contribution is -0.384. The van der Waals surface area contributed by atoms with Crippen molar-refractivity contribution in [1.82, 2.24) is 4.57 Å². The van der Waals surface area contributed by atoms with Crippen LogP contribution in [0.2, 0.25) is 0 Å². The highest BCUT2D eigenvalue weighted by atomic mass is 32.1. The predicted molar refractivity (Wildman–Crippen MR) is 106 cm³/mol. The number of nitro groups is 1. The minimum atomic E-state index is -0.464. The highest BCUT2D eigenvalue weighted by molar-refractivity contribution is 7.13. The summed E-state index contributed by atoms with van der Waals surface area (Å²) in [5, 5.41) is 21.2. The average Bonchev–Trinajstić information content (AvgIpc) is 3.37. The average molecular weight is 392 g/mol. The van der Waals surface area contributed by atoms with Crippen LogP contribution in [-0.2, 0) is 0 Å². The molecule has 0 radical (unpaired) electrons. The summed E-state index contributed by atoms with van der Waals surface area (Å²) in [7, 11) is 0. The van der Waals surface area contributed by atoms with Gasteiger partial charge < -0.3 is 0 Å². The van der Waals surface area contributed by atoms with Gasteiger partial charge in [0, 0.05) is 17.8 Å². The van der Waals surface area contributed by atoms with Crippen molar-refractivity contribution in [3.05, 3.63) is 94.1 Å². The quantitative estimate of drug-likeness (QED) is 0.216. The molecule has 0 unspecified atom stereocenters. The van der Waals surface area contributed by atoms with Crippen molar-refractivity contribution in [3.8, 4) is 16.3 Å². The summed E-state index contributed by atoms with van der Waals surface area (Å²) in [4.78, 5) is 11.3. The van der Waals surface area contributed by atoms with Gasteiger partial charge in [0.05, 0.1) is 21.2 Å². The molecule has 0 atom stereocenters. The smallest absolute Gasteiger partial charge is 0.269 e. The second kappa shape index (κ2) is 7.53. The van der Waals surface area contributed by atoms with Gasteiger partial charge in [0.1, 0.15) is 5.82 Å². The largest absolute Gasteiger partial charge is 0.292 e. The van der Waals surface area contributed by atoms with Gasteiger partial charge in [-0.3, -0.25) is 14.7 Å². The minimum absolute atomic E-state index is 0.00591. The van der Waals surface area contributed by atoms with Gasteiger partial charge >= 0.3 is 0 Å². The van der Waals surface area contributed by atoms with Crippen molar-refractivity contribution >= 4 is 28.5 Å². The Bertz CT molecular complexity index is 1130. The van der Waals surface area contributed by atoms with Crippen molar-refractivity contribution in [2.45, 2.75) is 0 Å². The van der Waals surface area contributed by atoms with E-state index in [1.54, 1.807) is 23.5 Å². The van der Waals surface area contributed by atoms with E-state index in [-0.39, 0.29) is 11.5 Å². The van der Waals surface area contributed by atoms with Crippen LogP contribution in [0.15, 0.2) is 88.4 Å². The first-order chi connectivity index (χ1) is 13.6. The number of benzene rings is 2. The SMILES string of the molecule is O=[N+]([O-])c1ccc(N=Nc2ccc(-c3cccs3)n2-c2ccc(F)cc2)cc1. The van der Waals surface area contributed by atoms with E-state index in [1.165, 1.54) is 36.4 Å². The van der Waals surface area contributed by atoms with Crippen LogP contribution in [0, 0.1) is 15.9 Å². The van der Waals surface area contributed by atoms with Crippen LogP contribution in [0.25, 0.3) is 16.3 Å². The molecule has 8 heteroatoms. The van der Waals surface area contributed by atoms with Gasteiger partial charge in [-0.1, -0.05) is 6.07 Å². The molecule has 0 fully saturated rings. The molecule has 2 aromatic carbocycles. The third-order valence-corrected chi connectivity index (χ3v) is 4.94. The maximum absolute atomic E-state index is 13.4. The first-order valence-corrected chi connectivity index (χ1v) is 9.17. The summed E-state index contributed by atoms with van der Waals surface area (Å²) in [6.45, 7) is 0. The number of rotatable bonds is 5. The number of nitrogens with zero attached hydrogens (tertiary/aromatic N) is 4. The standard InChI is InChI=1S/C20H13FN4O2S/c21-14-3-7-16(8-4-14)24-18(19-2-1-13-28-19)11-12-20(24)23-22-15-5-9-17(10-6-15)25(26)27/h1-13H. The molecule has 0 bridgehead atoms. The lowest BCUT2D eigenvalue weighted by Gasteiger charge is -2.10. The van der Waals surface area contributed by atoms with E-state index < -0.39 is 4.92 Å². The second-order valence-electron chi connectivity index (χ2n) is 5.84. The van der Waals surface area contributed by atoms with Crippen LogP contribution in [0.4, 0.5) is 21.6 Å². The van der Waals surface area contributed by atoms with Crippen LogP contribution >= 0.6 is 11.3 Å². The van der Waals surface area contributed by atoms with E-state index in [9.17, 15) is 14.5 Å². The molecule has 28 heavy (non-hydrogen) atoms. The van der Waals surface area contributed by atoms with Gasteiger partial charge in [0.2, 0.25) is 0 Å². The van der Waals surface area contributed by atoms with E-state index in [0.717, 1.165) is 16.3 Å². The predicted octanol–water partition coefficient (Wildman–Crippen LogP) is 6.67. The monoisotopic (exact) mass is 392 g/mol. The summed E-state index contributed by atoms with van der Waals surface area (Å²) in [5.41, 5.74) is 2.16. The van der Waals surface area contributed by atoms with Crippen molar-refractivity contribution in [1.29, 1.82) is 0 Å². The topological polar surface area (TPSA) is 72.8 Å². The van der Waals surface area contributed by atoms with Crippen LogP contribution in [0.1, 0.15) is 0 Å². The van der Waals surface area contributed by atoms with Gasteiger partial charge in [0.25, 0.3) is 5.69 Å². The fraction of sp³-hybridized carbons (Fsp3) is 0. The van der Waals surface area contributed by atoms with E-state index in [1.807, 2.05) is 34.2 Å². The van der Waals surface area contributed by atoms with Crippen molar-refractivity contribution in [2.75, 3.05) is 0 Å². The normalized spacial score (nSPS) is 11.2. The molecule has 0 aliphatic rings. The fourth-order valence-electron chi connectivity index (χ4n) is 2.73. The molecule has 0 aliphatic heterocycles. The maximum Gasteiger partial charge on any atom is 0.269 e. The molecule has 0 N–H and O–H groups in total. The number of non-ortho nitro benzene ring substituents is 1. The number of azo groups is 1. The zero-order chi connectivity index (χ0) is 19.5. The molecule has 4 aromatic rings. The van der Waals surface area contributed by atoms with Crippen LogP contribution in [0.5, 0.6) is 0 Å². The summed E-state index contributed by atoms with van der Waals surface area (Å²) >= 11 is 1.59. The zero-order valence-electron chi connectivity index (χ0n) is 14.4. The molecule has 2 aromatic heterocycles. The Kier molecular flexibility index (Phi) is 4.77. The third kappa shape index (κ3) is 3.58. The Morgan fingerprint density at radius 1 is 0.929 bits per heavy atom. The Morgan fingerprint density at radius 2 is 1.68 bits per heavy atom. The number of hydrogen-bond acceptors (Lipinski definition) is 5. The van der Waals surface area contributed by atoms with Gasteiger partial charge in [-0.25, -0.2) is 4.39 Å². The molecule has 0 saturated carbocycles. The molecular formula is C20H13FN4O2S. The highest BCUT2D eigenvalue weighted by Gasteiger charge is 2.13. The summed E-state index contributed by atoms with van der Waals surface area (Å²) in [5.74, 6) is 0.246. The van der Waals surface area contributed by atoms with Crippen molar-refractivity contribution < 1.29 is 9.31 Å². The molecule has 0 saturated heterocycles. The van der Waals surface area contributed by atoms with E-state index >= 15 is 0 Å². The van der Waals surface area contributed by atoms with Crippen LogP contribution < -0.4 is 0 Å². The molecule has 4 rings (SSSR count). The van der Waals surface area contributed by atoms with Crippen molar-refractivity contribution in [3.63, 3.8) is 0 Å². The molecule has 6 nitrogen and oxygen atoms in total. The van der Waals surface area contributed by atoms with Crippen LogP contribution in [-0.4, -0.2) is 9.49 Å². The lowest BCUT2D eigenvalue weighted by atomic mass is 10.3. The molecular weight excluding hydrogens is 379 g/mol. The fourth-order valence-corrected chi connectivity index (χ4v) is 3.47. The maximum atomic E-state index is 13.4. The van der Waals surface area contributed by atoms with Gasteiger partial charge in [-0.2, -0.15) is 0 Å². The highest BCUT2D eigenvalue weighted by Crippen LogP contribution is 2.34. The first-order valence-electron chi connectivity index (χ1n) is 8.29. The number of nitro benzene ring substituents is 1. The minimum Gasteiger partial charge on any atom is -0.292 e. The van der Waals surface area contributed by atoms with Gasteiger partial charge in [-0.15, -0.1) is 21.6 Å². The first kappa shape index (κ1) is 17.7. The molecule has 0 amide bonds. The summed E-state index contributed by atoms with van der Waals surface area (Å²) in [6.07, 6.45) is 0.